The molecular weight excluding hydrogens is 237 g/mol. The van der Waals surface area contributed by atoms with E-state index >= 15 is 0 Å². The summed E-state index contributed by atoms with van der Waals surface area (Å²) < 4.78 is 40.2. The quantitative estimate of drug-likeness (QED) is 0.815. The molecule has 0 atom stereocenters. The molecule has 1 rings (SSSR count). The molecular formula is C11H11F3O3. The van der Waals surface area contributed by atoms with E-state index in [-0.39, 0.29) is 12.2 Å². The van der Waals surface area contributed by atoms with Crippen molar-refractivity contribution in [1.82, 2.24) is 0 Å². The smallest absolute Gasteiger partial charge is 0.391 e. The van der Waals surface area contributed by atoms with E-state index < -0.39 is 25.2 Å². The van der Waals surface area contributed by atoms with E-state index in [0.717, 1.165) is 0 Å². The molecule has 1 aromatic rings. The molecule has 0 radical (unpaired) electrons. The third-order valence-corrected chi connectivity index (χ3v) is 1.97. The molecule has 1 N–H and O–H groups in total. The second kappa shape index (κ2) is 5.67. The van der Waals surface area contributed by atoms with Crippen LogP contribution in [0.15, 0.2) is 24.3 Å². The molecule has 0 amide bonds. The fourth-order valence-corrected chi connectivity index (χ4v) is 1.17. The van der Waals surface area contributed by atoms with Gasteiger partial charge in [-0.3, -0.25) is 0 Å². The summed E-state index contributed by atoms with van der Waals surface area (Å²) in [6.45, 7) is -0.460. The number of halogens is 3. The summed E-state index contributed by atoms with van der Waals surface area (Å²) in [5.74, 6) is -1.08. The molecule has 3 nitrogen and oxygen atoms in total. The minimum absolute atomic E-state index is 0.0306. The summed E-state index contributed by atoms with van der Waals surface area (Å²) >= 11 is 0. The minimum Gasteiger partial charge on any atom is -0.478 e. The predicted molar refractivity (Wildman–Crippen MR) is 53.7 cm³/mol. The largest absolute Gasteiger partial charge is 0.478 e. The lowest BCUT2D eigenvalue weighted by molar-refractivity contribution is -0.146. The second-order valence-corrected chi connectivity index (χ2v) is 3.42. The van der Waals surface area contributed by atoms with Crippen molar-refractivity contribution in [2.24, 2.45) is 0 Å². The lowest BCUT2D eigenvalue weighted by Gasteiger charge is -2.07. The van der Waals surface area contributed by atoms with Gasteiger partial charge in [0.05, 0.1) is 25.2 Å². The first-order chi connectivity index (χ1) is 7.88. The van der Waals surface area contributed by atoms with Gasteiger partial charge in [0.15, 0.2) is 0 Å². The Kier molecular flexibility index (Phi) is 4.51. The van der Waals surface area contributed by atoms with Gasteiger partial charge in [-0.15, -0.1) is 0 Å². The maximum absolute atomic E-state index is 11.8. The van der Waals surface area contributed by atoms with Crippen molar-refractivity contribution < 1.29 is 27.8 Å². The van der Waals surface area contributed by atoms with Crippen molar-refractivity contribution in [3.8, 4) is 0 Å². The van der Waals surface area contributed by atoms with Crippen LogP contribution in [0, 0.1) is 0 Å². The van der Waals surface area contributed by atoms with Crippen LogP contribution in [0.25, 0.3) is 0 Å². The molecule has 0 heterocycles. The molecule has 0 unspecified atom stereocenters. The predicted octanol–water partition coefficient (Wildman–Crippen LogP) is 2.85. The van der Waals surface area contributed by atoms with Crippen LogP contribution in [-0.4, -0.2) is 23.9 Å². The summed E-state index contributed by atoms with van der Waals surface area (Å²) in [5, 5.41) is 8.70. The highest BCUT2D eigenvalue weighted by molar-refractivity contribution is 5.87. The Morgan fingerprint density at radius 2 is 2.06 bits per heavy atom. The van der Waals surface area contributed by atoms with Crippen LogP contribution in [0.5, 0.6) is 0 Å². The highest BCUT2D eigenvalue weighted by atomic mass is 19.4. The summed E-state index contributed by atoms with van der Waals surface area (Å²) in [6, 6.07) is 5.89. The Balaban J connectivity index is 2.42. The van der Waals surface area contributed by atoms with Crippen LogP contribution >= 0.6 is 0 Å². The Labute approximate surface area is 95.8 Å². The van der Waals surface area contributed by atoms with Crippen molar-refractivity contribution in [3.05, 3.63) is 35.4 Å². The summed E-state index contributed by atoms with van der Waals surface area (Å²) in [6.07, 6.45) is -5.24. The SMILES string of the molecule is O=C(O)c1cccc(COCCC(F)(F)F)c1. The molecule has 0 saturated carbocycles. The molecule has 0 bridgehead atoms. The van der Waals surface area contributed by atoms with E-state index in [1.54, 1.807) is 6.07 Å². The zero-order valence-corrected chi connectivity index (χ0v) is 8.83. The Bertz CT molecular complexity index is 388. The van der Waals surface area contributed by atoms with E-state index in [2.05, 4.69) is 0 Å². The number of carbonyl (C=O) groups is 1. The number of ether oxygens (including phenoxy) is 1. The molecule has 0 aliphatic rings. The molecule has 0 aliphatic heterocycles. The first-order valence-corrected chi connectivity index (χ1v) is 4.85. The molecule has 0 fully saturated rings. The molecule has 1 aromatic carbocycles. The van der Waals surface area contributed by atoms with Gasteiger partial charge in [-0.05, 0) is 17.7 Å². The number of benzene rings is 1. The number of rotatable bonds is 5. The van der Waals surface area contributed by atoms with Crippen molar-refractivity contribution in [2.75, 3.05) is 6.61 Å². The van der Waals surface area contributed by atoms with Crippen LogP contribution in [0.2, 0.25) is 0 Å². The average molecular weight is 248 g/mol. The van der Waals surface area contributed by atoms with Gasteiger partial charge >= 0.3 is 12.1 Å². The topological polar surface area (TPSA) is 46.5 Å². The average Bonchev–Trinajstić information content (AvgIpc) is 2.23. The van der Waals surface area contributed by atoms with Gasteiger partial charge in [0, 0.05) is 0 Å². The van der Waals surface area contributed by atoms with Crippen LogP contribution in [0.3, 0.4) is 0 Å². The number of hydrogen-bond acceptors (Lipinski definition) is 2. The number of carboxylic acids is 1. The molecule has 0 spiro atoms. The number of hydrogen-bond donors (Lipinski definition) is 1. The van der Waals surface area contributed by atoms with Gasteiger partial charge in [0.1, 0.15) is 0 Å². The standard InChI is InChI=1S/C11H11F3O3/c12-11(13,14)4-5-17-7-8-2-1-3-9(6-8)10(15)16/h1-3,6H,4-5,7H2,(H,15,16). The molecule has 94 valence electrons. The second-order valence-electron chi connectivity index (χ2n) is 3.42. The first-order valence-electron chi connectivity index (χ1n) is 4.85. The zero-order chi connectivity index (χ0) is 12.9. The van der Waals surface area contributed by atoms with Gasteiger partial charge in [-0.25, -0.2) is 4.79 Å². The highest BCUT2D eigenvalue weighted by Gasteiger charge is 2.26. The van der Waals surface area contributed by atoms with Crippen LogP contribution in [0.1, 0.15) is 22.3 Å². The molecule has 0 saturated heterocycles. The number of alkyl halides is 3. The van der Waals surface area contributed by atoms with Crippen LogP contribution in [-0.2, 0) is 11.3 Å². The highest BCUT2D eigenvalue weighted by Crippen LogP contribution is 2.19. The van der Waals surface area contributed by atoms with Gasteiger partial charge in [0.25, 0.3) is 0 Å². The fraction of sp³-hybridized carbons (Fsp3) is 0.364. The maximum Gasteiger partial charge on any atom is 0.391 e. The van der Waals surface area contributed by atoms with Crippen molar-refractivity contribution in [2.45, 2.75) is 19.2 Å². The number of carboxylic acid groups (broad SMARTS) is 1. The Hall–Kier alpha value is -1.56. The third kappa shape index (κ3) is 5.35. The normalized spacial score (nSPS) is 11.5. The first kappa shape index (κ1) is 13.5. The van der Waals surface area contributed by atoms with Crippen molar-refractivity contribution >= 4 is 5.97 Å². The van der Waals surface area contributed by atoms with E-state index in [1.807, 2.05) is 0 Å². The van der Waals surface area contributed by atoms with E-state index in [1.165, 1.54) is 18.2 Å². The fourth-order valence-electron chi connectivity index (χ4n) is 1.17. The minimum atomic E-state index is -4.23. The maximum atomic E-state index is 11.8. The van der Waals surface area contributed by atoms with E-state index in [9.17, 15) is 18.0 Å². The lowest BCUT2D eigenvalue weighted by atomic mass is 10.1. The Morgan fingerprint density at radius 3 is 2.65 bits per heavy atom. The van der Waals surface area contributed by atoms with Crippen LogP contribution < -0.4 is 0 Å². The van der Waals surface area contributed by atoms with Gasteiger partial charge < -0.3 is 9.84 Å². The van der Waals surface area contributed by atoms with Crippen molar-refractivity contribution in [3.63, 3.8) is 0 Å². The van der Waals surface area contributed by atoms with Gasteiger partial charge in [0.2, 0.25) is 0 Å². The molecule has 0 aromatic heterocycles. The molecule has 6 heteroatoms. The summed E-state index contributed by atoms with van der Waals surface area (Å²) in [7, 11) is 0. The van der Waals surface area contributed by atoms with Gasteiger partial charge in [-0.1, -0.05) is 12.1 Å². The third-order valence-electron chi connectivity index (χ3n) is 1.97. The van der Waals surface area contributed by atoms with Gasteiger partial charge in [-0.2, -0.15) is 13.2 Å². The number of aromatic carboxylic acids is 1. The van der Waals surface area contributed by atoms with Crippen molar-refractivity contribution in [1.29, 1.82) is 0 Å². The lowest BCUT2D eigenvalue weighted by Crippen LogP contribution is -2.11. The zero-order valence-electron chi connectivity index (χ0n) is 8.83. The molecule has 17 heavy (non-hydrogen) atoms. The van der Waals surface area contributed by atoms with E-state index in [4.69, 9.17) is 9.84 Å². The van der Waals surface area contributed by atoms with E-state index in [0.29, 0.717) is 5.56 Å². The van der Waals surface area contributed by atoms with Crippen LogP contribution in [0.4, 0.5) is 13.2 Å². The Morgan fingerprint density at radius 1 is 1.35 bits per heavy atom. The summed E-state index contributed by atoms with van der Waals surface area (Å²) in [4.78, 5) is 10.6. The monoisotopic (exact) mass is 248 g/mol. The molecule has 0 aliphatic carbocycles. The summed E-state index contributed by atoms with van der Waals surface area (Å²) in [5.41, 5.74) is 0.619.